The Kier molecular flexibility index (Phi) is 6.37. The van der Waals surface area contributed by atoms with Crippen LogP contribution in [0, 0.1) is 5.92 Å². The number of nitrogens with one attached hydrogen (secondary N) is 2. The van der Waals surface area contributed by atoms with Crippen molar-refractivity contribution < 1.29 is 14.7 Å². The molecular weight excluding hydrogens is 304 g/mol. The van der Waals surface area contributed by atoms with Crippen LogP contribution in [-0.2, 0) is 9.59 Å². The van der Waals surface area contributed by atoms with Gasteiger partial charge < -0.3 is 15.7 Å². The highest BCUT2D eigenvalue weighted by Gasteiger charge is 2.26. The average Bonchev–Trinajstić information content (AvgIpc) is 2.58. The van der Waals surface area contributed by atoms with Crippen LogP contribution in [0.25, 0.3) is 0 Å². The van der Waals surface area contributed by atoms with Gasteiger partial charge in [0.05, 0.1) is 0 Å². The summed E-state index contributed by atoms with van der Waals surface area (Å²) in [5.41, 5.74) is 1.22. The zero-order chi connectivity index (χ0) is 17.4. The van der Waals surface area contributed by atoms with Crippen LogP contribution in [0.15, 0.2) is 54.6 Å². The van der Waals surface area contributed by atoms with Gasteiger partial charge in [-0.25, -0.2) is 0 Å². The lowest BCUT2D eigenvalue weighted by Gasteiger charge is -2.16. The summed E-state index contributed by atoms with van der Waals surface area (Å²) in [6.07, 6.45) is 2.18. The lowest BCUT2D eigenvalue weighted by atomic mass is 9.99. The van der Waals surface area contributed by atoms with E-state index in [2.05, 4.69) is 10.6 Å². The van der Waals surface area contributed by atoms with E-state index in [1.807, 2.05) is 25.1 Å². The molecule has 0 heterocycles. The highest BCUT2D eigenvalue weighted by Crippen LogP contribution is 2.18. The third-order valence-corrected chi connectivity index (χ3v) is 3.66. The highest BCUT2D eigenvalue weighted by atomic mass is 16.3. The number of phenolic OH excluding ortho intramolecular Hbond substituents is 1. The first kappa shape index (κ1) is 17.5. The number of benzene rings is 2. The number of carbonyl (C=O) groups is 2. The molecular formula is C19H22N2O3. The van der Waals surface area contributed by atoms with Crippen LogP contribution in [0.2, 0.25) is 0 Å². The number of para-hydroxylation sites is 1. The van der Waals surface area contributed by atoms with Crippen molar-refractivity contribution in [1.82, 2.24) is 0 Å². The third-order valence-electron chi connectivity index (χ3n) is 3.66. The minimum Gasteiger partial charge on any atom is -0.508 e. The zero-order valence-corrected chi connectivity index (χ0v) is 13.7. The Morgan fingerprint density at radius 3 is 2.00 bits per heavy atom. The molecule has 3 N–H and O–H groups in total. The summed E-state index contributed by atoms with van der Waals surface area (Å²) in [6.45, 7) is 2.02. The van der Waals surface area contributed by atoms with Crippen LogP contribution in [0.3, 0.4) is 0 Å². The molecule has 0 aliphatic carbocycles. The lowest BCUT2D eigenvalue weighted by molar-refractivity contribution is -0.129. The number of aromatic hydroxyl groups is 1. The van der Waals surface area contributed by atoms with Crippen molar-refractivity contribution in [2.75, 3.05) is 10.6 Å². The van der Waals surface area contributed by atoms with Gasteiger partial charge in [-0.2, -0.15) is 0 Å². The molecule has 126 valence electrons. The molecule has 5 heteroatoms. The minimum atomic E-state index is -0.765. The maximum Gasteiger partial charge on any atom is 0.236 e. The van der Waals surface area contributed by atoms with E-state index < -0.39 is 5.92 Å². The smallest absolute Gasteiger partial charge is 0.236 e. The van der Waals surface area contributed by atoms with E-state index in [0.29, 0.717) is 17.8 Å². The number of rotatable bonds is 7. The van der Waals surface area contributed by atoms with E-state index in [1.54, 1.807) is 24.3 Å². The second-order valence-electron chi connectivity index (χ2n) is 5.59. The molecule has 1 unspecified atom stereocenters. The molecule has 2 rings (SSSR count). The number of anilines is 2. The average molecular weight is 326 g/mol. The summed E-state index contributed by atoms with van der Waals surface area (Å²) in [7, 11) is 0. The molecule has 0 fully saturated rings. The minimum absolute atomic E-state index is 0.123. The van der Waals surface area contributed by atoms with Gasteiger partial charge in [-0.1, -0.05) is 38.0 Å². The highest BCUT2D eigenvalue weighted by molar-refractivity contribution is 6.10. The molecule has 1 atom stereocenters. The number of hydrogen-bond donors (Lipinski definition) is 3. The van der Waals surface area contributed by atoms with E-state index in [1.165, 1.54) is 12.1 Å². The van der Waals surface area contributed by atoms with Crippen LogP contribution in [-0.4, -0.2) is 16.9 Å². The molecule has 0 aliphatic rings. The summed E-state index contributed by atoms with van der Waals surface area (Å²) in [5, 5.41) is 14.8. The number of unbranched alkanes of at least 4 members (excludes halogenated alkanes) is 1. The first-order valence-corrected chi connectivity index (χ1v) is 8.06. The van der Waals surface area contributed by atoms with E-state index in [4.69, 9.17) is 0 Å². The molecule has 2 amide bonds. The topological polar surface area (TPSA) is 78.4 Å². The van der Waals surface area contributed by atoms with Crippen molar-refractivity contribution in [1.29, 1.82) is 0 Å². The van der Waals surface area contributed by atoms with Gasteiger partial charge in [0.2, 0.25) is 11.8 Å². The molecule has 0 aliphatic heterocycles. The number of carbonyl (C=O) groups excluding carboxylic acids is 2. The number of hydrogen-bond acceptors (Lipinski definition) is 3. The van der Waals surface area contributed by atoms with E-state index in [9.17, 15) is 14.7 Å². The van der Waals surface area contributed by atoms with Crippen molar-refractivity contribution in [2.24, 2.45) is 5.92 Å². The van der Waals surface area contributed by atoms with Crippen molar-refractivity contribution in [2.45, 2.75) is 26.2 Å². The third kappa shape index (κ3) is 5.12. The van der Waals surface area contributed by atoms with Crippen LogP contribution in [0.4, 0.5) is 11.4 Å². The van der Waals surface area contributed by atoms with E-state index >= 15 is 0 Å². The van der Waals surface area contributed by atoms with Crippen LogP contribution in [0.5, 0.6) is 5.75 Å². The maximum absolute atomic E-state index is 12.5. The van der Waals surface area contributed by atoms with Gasteiger partial charge in [0.1, 0.15) is 11.7 Å². The molecule has 5 nitrogen and oxygen atoms in total. The van der Waals surface area contributed by atoms with Gasteiger partial charge in [0, 0.05) is 11.4 Å². The number of phenols is 1. The Bertz CT molecular complexity index is 669. The fourth-order valence-corrected chi connectivity index (χ4v) is 2.31. The summed E-state index contributed by atoms with van der Waals surface area (Å²) >= 11 is 0. The van der Waals surface area contributed by atoms with E-state index in [-0.39, 0.29) is 17.6 Å². The van der Waals surface area contributed by atoms with Crippen LogP contribution < -0.4 is 10.6 Å². The first-order valence-electron chi connectivity index (χ1n) is 8.06. The maximum atomic E-state index is 12.5. The Morgan fingerprint density at radius 1 is 0.917 bits per heavy atom. The summed E-state index contributed by atoms with van der Waals surface area (Å²) in [5.74, 6) is -1.30. The summed E-state index contributed by atoms with van der Waals surface area (Å²) < 4.78 is 0. The number of amides is 2. The fraction of sp³-hybridized carbons (Fsp3) is 0.263. The Balaban J connectivity index is 2.06. The van der Waals surface area contributed by atoms with Crippen molar-refractivity contribution in [3.8, 4) is 5.75 Å². The van der Waals surface area contributed by atoms with Crippen LogP contribution in [0.1, 0.15) is 26.2 Å². The summed E-state index contributed by atoms with van der Waals surface area (Å²) in [4.78, 5) is 25.0. The SMILES string of the molecule is CCCCC(C(=O)Nc1ccccc1)C(=O)Nc1ccc(O)cc1. The van der Waals surface area contributed by atoms with Gasteiger partial charge in [0.15, 0.2) is 0 Å². The van der Waals surface area contributed by atoms with Gasteiger partial charge in [0.25, 0.3) is 0 Å². The van der Waals surface area contributed by atoms with Crippen molar-refractivity contribution in [3.05, 3.63) is 54.6 Å². The predicted octanol–water partition coefficient (Wildman–Crippen LogP) is 3.78. The molecule has 0 spiro atoms. The second-order valence-corrected chi connectivity index (χ2v) is 5.59. The Hall–Kier alpha value is -2.82. The molecule has 24 heavy (non-hydrogen) atoms. The van der Waals surface area contributed by atoms with Crippen molar-refractivity contribution >= 4 is 23.2 Å². The fourth-order valence-electron chi connectivity index (χ4n) is 2.31. The monoisotopic (exact) mass is 326 g/mol. The quantitative estimate of drug-likeness (QED) is 0.535. The van der Waals surface area contributed by atoms with Crippen molar-refractivity contribution in [3.63, 3.8) is 0 Å². The van der Waals surface area contributed by atoms with E-state index in [0.717, 1.165) is 12.8 Å². The Morgan fingerprint density at radius 2 is 1.46 bits per heavy atom. The van der Waals surface area contributed by atoms with Gasteiger partial charge >= 0.3 is 0 Å². The molecule has 2 aromatic rings. The molecule has 0 saturated carbocycles. The Labute approximate surface area is 141 Å². The van der Waals surface area contributed by atoms with Crippen LogP contribution >= 0.6 is 0 Å². The molecule has 2 aromatic carbocycles. The zero-order valence-electron chi connectivity index (χ0n) is 13.7. The lowest BCUT2D eigenvalue weighted by Crippen LogP contribution is -2.33. The largest absolute Gasteiger partial charge is 0.508 e. The molecule has 0 bridgehead atoms. The van der Waals surface area contributed by atoms with Gasteiger partial charge in [-0.05, 0) is 42.8 Å². The molecule has 0 saturated heterocycles. The second kappa shape index (κ2) is 8.72. The van der Waals surface area contributed by atoms with Gasteiger partial charge in [-0.15, -0.1) is 0 Å². The molecule has 0 aromatic heterocycles. The first-order chi connectivity index (χ1) is 11.6. The predicted molar refractivity (Wildman–Crippen MR) is 94.8 cm³/mol. The molecule has 0 radical (unpaired) electrons. The summed E-state index contributed by atoms with van der Waals surface area (Å²) in [6, 6.07) is 15.3. The standard InChI is InChI=1S/C19H22N2O3/c1-2-3-9-17(18(23)20-14-7-5-4-6-8-14)19(24)21-15-10-12-16(22)13-11-15/h4-8,10-13,17,22H,2-3,9H2,1H3,(H,20,23)(H,21,24). The van der Waals surface area contributed by atoms with Gasteiger partial charge in [-0.3, -0.25) is 9.59 Å². The normalized spacial score (nSPS) is 11.5.